The summed E-state index contributed by atoms with van der Waals surface area (Å²) in [6, 6.07) is 11.0. The highest BCUT2D eigenvalue weighted by atomic mass is 35.5. The third-order valence-electron chi connectivity index (χ3n) is 2.93. The molecule has 0 aliphatic rings. The number of pyridine rings is 1. The van der Waals surface area contributed by atoms with Gasteiger partial charge >= 0.3 is 0 Å². The molecule has 0 radical (unpaired) electrons. The van der Waals surface area contributed by atoms with Crippen molar-refractivity contribution in [3.8, 4) is 5.75 Å². The molecular formula is C16H19ClN2O2. The first-order valence-corrected chi connectivity index (χ1v) is 7.32. The van der Waals surface area contributed by atoms with Gasteiger partial charge < -0.3 is 15.2 Å². The summed E-state index contributed by atoms with van der Waals surface area (Å²) in [5.74, 6) is 1.48. The Morgan fingerprint density at radius 2 is 2.14 bits per heavy atom. The number of rotatable bonds is 7. The summed E-state index contributed by atoms with van der Waals surface area (Å²) in [6.45, 7) is 3.25. The van der Waals surface area contributed by atoms with Crippen molar-refractivity contribution in [2.45, 2.75) is 26.6 Å². The molecule has 0 saturated heterocycles. The molecule has 4 nitrogen and oxygen atoms in total. The summed E-state index contributed by atoms with van der Waals surface area (Å²) >= 11 is 6.14. The van der Waals surface area contributed by atoms with Crippen LogP contribution in [0, 0.1) is 0 Å². The number of aromatic nitrogens is 1. The molecule has 0 saturated carbocycles. The van der Waals surface area contributed by atoms with E-state index in [1.54, 1.807) is 6.07 Å². The minimum absolute atomic E-state index is 0.00731. The number of halogens is 1. The van der Waals surface area contributed by atoms with Gasteiger partial charge in [0.25, 0.3) is 0 Å². The number of nitrogens with zero attached hydrogens (tertiary/aromatic N) is 1. The first-order chi connectivity index (χ1) is 10.2. The van der Waals surface area contributed by atoms with Crippen molar-refractivity contribution in [2.75, 3.05) is 11.9 Å². The van der Waals surface area contributed by atoms with Crippen molar-refractivity contribution in [1.29, 1.82) is 0 Å². The molecule has 0 bridgehead atoms. The maximum absolute atomic E-state index is 9.11. The van der Waals surface area contributed by atoms with Gasteiger partial charge in [0.15, 0.2) is 0 Å². The summed E-state index contributed by atoms with van der Waals surface area (Å²) in [6.07, 6.45) is 1.03. The van der Waals surface area contributed by atoms with E-state index in [0.717, 1.165) is 24.3 Å². The van der Waals surface area contributed by atoms with Crippen LogP contribution in [0.2, 0.25) is 5.02 Å². The van der Waals surface area contributed by atoms with Crippen molar-refractivity contribution < 1.29 is 9.84 Å². The van der Waals surface area contributed by atoms with Gasteiger partial charge in [-0.05, 0) is 36.2 Å². The van der Waals surface area contributed by atoms with E-state index in [4.69, 9.17) is 21.4 Å². The molecule has 112 valence electrons. The monoisotopic (exact) mass is 306 g/mol. The molecule has 0 aliphatic heterocycles. The Kier molecular flexibility index (Phi) is 5.84. The van der Waals surface area contributed by atoms with Crippen molar-refractivity contribution in [3.05, 3.63) is 52.7 Å². The summed E-state index contributed by atoms with van der Waals surface area (Å²) < 4.78 is 5.69. The SMILES string of the molecule is CCCNc1ccc(Cl)c(COc2cccc(CO)c2)n1. The van der Waals surface area contributed by atoms with Crippen molar-refractivity contribution in [2.24, 2.45) is 0 Å². The van der Waals surface area contributed by atoms with Crippen LogP contribution in [0.3, 0.4) is 0 Å². The third kappa shape index (κ3) is 4.62. The molecule has 0 fully saturated rings. The van der Waals surface area contributed by atoms with Gasteiger partial charge in [0.1, 0.15) is 18.2 Å². The Bertz CT molecular complexity index is 590. The van der Waals surface area contributed by atoms with E-state index in [0.29, 0.717) is 16.5 Å². The molecule has 21 heavy (non-hydrogen) atoms. The van der Waals surface area contributed by atoms with Crippen LogP contribution in [0.5, 0.6) is 5.75 Å². The Morgan fingerprint density at radius 1 is 1.29 bits per heavy atom. The first kappa shape index (κ1) is 15.6. The lowest BCUT2D eigenvalue weighted by molar-refractivity contribution is 0.277. The molecule has 2 aromatic rings. The van der Waals surface area contributed by atoms with Gasteiger partial charge in [0.05, 0.1) is 17.3 Å². The zero-order valence-electron chi connectivity index (χ0n) is 12.0. The first-order valence-electron chi connectivity index (χ1n) is 6.95. The summed E-state index contributed by atoms with van der Waals surface area (Å²) in [4.78, 5) is 4.45. The molecule has 1 heterocycles. The van der Waals surface area contributed by atoms with E-state index in [1.165, 1.54) is 0 Å². The second-order valence-electron chi connectivity index (χ2n) is 4.65. The molecule has 2 rings (SSSR count). The largest absolute Gasteiger partial charge is 0.487 e. The van der Waals surface area contributed by atoms with E-state index in [9.17, 15) is 0 Å². The standard InChI is InChI=1S/C16H19ClN2O2/c1-2-8-18-16-7-6-14(17)15(19-16)11-21-13-5-3-4-12(9-13)10-20/h3-7,9,20H,2,8,10-11H2,1H3,(H,18,19). The van der Waals surface area contributed by atoms with Crippen molar-refractivity contribution in [1.82, 2.24) is 4.98 Å². The fourth-order valence-electron chi connectivity index (χ4n) is 1.82. The zero-order valence-corrected chi connectivity index (χ0v) is 12.7. The fourth-order valence-corrected chi connectivity index (χ4v) is 1.98. The highest BCUT2D eigenvalue weighted by Crippen LogP contribution is 2.20. The van der Waals surface area contributed by atoms with E-state index in [2.05, 4.69) is 17.2 Å². The topological polar surface area (TPSA) is 54.4 Å². The maximum Gasteiger partial charge on any atom is 0.132 e. The number of aliphatic hydroxyl groups is 1. The molecule has 0 unspecified atom stereocenters. The van der Waals surface area contributed by atoms with E-state index < -0.39 is 0 Å². The number of benzene rings is 1. The average Bonchev–Trinajstić information content (AvgIpc) is 2.53. The summed E-state index contributed by atoms with van der Waals surface area (Å²) in [5, 5.41) is 12.9. The molecular weight excluding hydrogens is 288 g/mol. The van der Waals surface area contributed by atoms with Gasteiger partial charge in [0.2, 0.25) is 0 Å². The van der Waals surface area contributed by atoms with Gasteiger partial charge in [-0.15, -0.1) is 0 Å². The molecule has 0 atom stereocenters. The van der Waals surface area contributed by atoms with Crippen LogP contribution in [0.1, 0.15) is 24.6 Å². The minimum Gasteiger partial charge on any atom is -0.487 e. The van der Waals surface area contributed by atoms with Gasteiger partial charge in [-0.1, -0.05) is 30.7 Å². The normalized spacial score (nSPS) is 10.4. The quantitative estimate of drug-likeness (QED) is 0.820. The Hall–Kier alpha value is -1.78. The highest BCUT2D eigenvalue weighted by molar-refractivity contribution is 6.31. The van der Waals surface area contributed by atoms with Crippen LogP contribution in [-0.4, -0.2) is 16.6 Å². The molecule has 0 spiro atoms. The van der Waals surface area contributed by atoms with Gasteiger partial charge in [0, 0.05) is 6.54 Å². The van der Waals surface area contributed by atoms with Crippen molar-refractivity contribution in [3.63, 3.8) is 0 Å². The number of nitrogens with one attached hydrogen (secondary N) is 1. The third-order valence-corrected chi connectivity index (χ3v) is 3.28. The number of ether oxygens (including phenoxy) is 1. The van der Waals surface area contributed by atoms with Crippen LogP contribution >= 0.6 is 11.6 Å². The predicted octanol–water partition coefficient (Wildman–Crippen LogP) is 3.63. The Labute approximate surface area is 129 Å². The minimum atomic E-state index is -0.00731. The van der Waals surface area contributed by atoms with E-state index in [-0.39, 0.29) is 13.2 Å². The van der Waals surface area contributed by atoms with Crippen molar-refractivity contribution >= 4 is 17.4 Å². The molecule has 0 amide bonds. The lowest BCUT2D eigenvalue weighted by Crippen LogP contribution is -2.05. The zero-order chi connectivity index (χ0) is 15.1. The fraction of sp³-hybridized carbons (Fsp3) is 0.312. The van der Waals surface area contributed by atoms with Crippen LogP contribution in [-0.2, 0) is 13.2 Å². The van der Waals surface area contributed by atoms with Crippen LogP contribution in [0.15, 0.2) is 36.4 Å². The van der Waals surface area contributed by atoms with E-state index in [1.807, 2.05) is 30.3 Å². The molecule has 2 N–H and O–H groups in total. The van der Waals surface area contributed by atoms with E-state index >= 15 is 0 Å². The van der Waals surface area contributed by atoms with Gasteiger partial charge in [-0.3, -0.25) is 0 Å². The molecule has 5 heteroatoms. The van der Waals surface area contributed by atoms with Gasteiger partial charge in [-0.25, -0.2) is 4.98 Å². The molecule has 0 aliphatic carbocycles. The van der Waals surface area contributed by atoms with Crippen LogP contribution in [0.4, 0.5) is 5.82 Å². The summed E-state index contributed by atoms with van der Waals surface area (Å²) in [5.41, 5.74) is 1.50. The van der Waals surface area contributed by atoms with Crippen LogP contribution in [0.25, 0.3) is 0 Å². The predicted molar refractivity (Wildman–Crippen MR) is 84.7 cm³/mol. The maximum atomic E-state index is 9.11. The Balaban J connectivity index is 2.04. The molecule has 1 aromatic heterocycles. The lowest BCUT2D eigenvalue weighted by atomic mass is 10.2. The molecule has 1 aromatic carbocycles. The number of hydrogen-bond donors (Lipinski definition) is 2. The number of aliphatic hydroxyl groups excluding tert-OH is 1. The lowest BCUT2D eigenvalue weighted by Gasteiger charge is -2.10. The average molecular weight is 307 g/mol. The van der Waals surface area contributed by atoms with Gasteiger partial charge in [-0.2, -0.15) is 0 Å². The number of anilines is 1. The Morgan fingerprint density at radius 3 is 2.90 bits per heavy atom. The second-order valence-corrected chi connectivity index (χ2v) is 5.05. The number of hydrogen-bond acceptors (Lipinski definition) is 4. The second kappa shape index (κ2) is 7.86. The smallest absolute Gasteiger partial charge is 0.132 e. The summed E-state index contributed by atoms with van der Waals surface area (Å²) in [7, 11) is 0. The van der Waals surface area contributed by atoms with Crippen LogP contribution < -0.4 is 10.1 Å². The highest BCUT2D eigenvalue weighted by Gasteiger charge is 2.05.